The van der Waals surface area contributed by atoms with Gasteiger partial charge >= 0.3 is 0 Å². The number of fused-ring (bicyclic) bond motifs is 1. The molecular weight excluding hydrogens is 152 g/mol. The fraction of sp³-hybridized carbons (Fsp3) is 0.625. The molecule has 1 unspecified atom stereocenters. The zero-order valence-corrected chi connectivity index (χ0v) is 7.49. The van der Waals surface area contributed by atoms with Gasteiger partial charge in [0.1, 0.15) is 5.82 Å². The molecule has 0 saturated carbocycles. The molecule has 0 radical (unpaired) electrons. The minimum absolute atomic E-state index is 0.398. The highest BCUT2D eigenvalue weighted by Gasteiger charge is 2.23. The van der Waals surface area contributed by atoms with E-state index in [4.69, 9.17) is 0 Å². The topological polar surface area (TPSA) is 33.1 Å². The molecule has 0 spiro atoms. The van der Waals surface area contributed by atoms with Gasteiger partial charge in [-0.05, 0) is 6.42 Å². The van der Waals surface area contributed by atoms with Crippen LogP contribution in [0.3, 0.4) is 0 Å². The molecule has 0 aliphatic carbocycles. The van der Waals surface area contributed by atoms with Crippen molar-refractivity contribution in [2.75, 3.05) is 14.1 Å². The van der Waals surface area contributed by atoms with Crippen LogP contribution in [0.2, 0.25) is 0 Å². The first-order valence-corrected chi connectivity index (χ1v) is 4.22. The Labute approximate surface area is 72.2 Å². The van der Waals surface area contributed by atoms with Crippen LogP contribution in [-0.2, 0) is 6.54 Å². The maximum Gasteiger partial charge on any atom is 0.127 e. The van der Waals surface area contributed by atoms with Crippen LogP contribution in [0.4, 0.5) is 0 Å². The Morgan fingerprint density at radius 1 is 1.67 bits per heavy atom. The molecule has 4 heteroatoms. The normalized spacial score (nSPS) is 21.8. The van der Waals surface area contributed by atoms with Gasteiger partial charge in [0.05, 0.1) is 6.04 Å². The van der Waals surface area contributed by atoms with Crippen LogP contribution in [0, 0.1) is 0 Å². The lowest BCUT2D eigenvalue weighted by atomic mass is 10.2. The van der Waals surface area contributed by atoms with Crippen molar-refractivity contribution in [3.05, 3.63) is 18.2 Å². The van der Waals surface area contributed by atoms with E-state index in [9.17, 15) is 0 Å². The van der Waals surface area contributed by atoms with Crippen molar-refractivity contribution in [1.82, 2.24) is 20.0 Å². The molecule has 1 aliphatic heterocycles. The second-order valence-electron chi connectivity index (χ2n) is 3.34. The Kier molecular flexibility index (Phi) is 1.86. The third kappa shape index (κ3) is 1.23. The molecule has 0 saturated heterocycles. The molecule has 2 heterocycles. The third-order valence-electron chi connectivity index (χ3n) is 2.13. The lowest BCUT2D eigenvalue weighted by Gasteiger charge is -2.16. The number of nitrogens with zero attached hydrogens (tertiary/aromatic N) is 3. The average molecular weight is 166 g/mol. The van der Waals surface area contributed by atoms with E-state index in [1.807, 2.05) is 31.5 Å². The highest BCUT2D eigenvalue weighted by atomic mass is 15.5. The fourth-order valence-corrected chi connectivity index (χ4v) is 1.65. The molecule has 0 bridgehead atoms. The number of hydrazine groups is 1. The van der Waals surface area contributed by atoms with Crippen molar-refractivity contribution in [2.45, 2.75) is 19.0 Å². The molecule has 1 aromatic rings. The van der Waals surface area contributed by atoms with Gasteiger partial charge in [-0.3, -0.25) is 0 Å². The largest absolute Gasteiger partial charge is 0.334 e. The highest BCUT2D eigenvalue weighted by Crippen LogP contribution is 2.23. The Bertz CT molecular complexity index is 266. The monoisotopic (exact) mass is 166 g/mol. The molecule has 1 aliphatic rings. The zero-order chi connectivity index (χ0) is 8.55. The quantitative estimate of drug-likeness (QED) is 0.645. The van der Waals surface area contributed by atoms with Gasteiger partial charge in [0, 0.05) is 33.0 Å². The first kappa shape index (κ1) is 7.76. The summed E-state index contributed by atoms with van der Waals surface area (Å²) in [6.07, 6.45) is 5.03. The summed E-state index contributed by atoms with van der Waals surface area (Å²) in [5.74, 6) is 1.16. The lowest BCUT2D eigenvalue weighted by Crippen LogP contribution is -2.33. The predicted octanol–water partition coefficient (Wildman–Crippen LogP) is 0.394. The molecule has 1 atom stereocenters. The van der Waals surface area contributed by atoms with Crippen LogP contribution < -0.4 is 5.43 Å². The molecule has 1 aromatic heterocycles. The van der Waals surface area contributed by atoms with Crippen LogP contribution in [0.1, 0.15) is 18.3 Å². The maximum atomic E-state index is 4.31. The molecule has 0 amide bonds. The van der Waals surface area contributed by atoms with Gasteiger partial charge < -0.3 is 4.57 Å². The Balaban J connectivity index is 2.12. The number of aryl methyl sites for hydroxylation is 1. The average Bonchev–Trinajstić information content (AvgIpc) is 2.52. The molecule has 12 heavy (non-hydrogen) atoms. The van der Waals surface area contributed by atoms with Crippen LogP contribution in [0.5, 0.6) is 0 Å². The highest BCUT2D eigenvalue weighted by molar-refractivity contribution is 5.03. The van der Waals surface area contributed by atoms with Crippen LogP contribution in [0.15, 0.2) is 12.4 Å². The number of aromatic nitrogens is 2. The second-order valence-corrected chi connectivity index (χ2v) is 3.34. The molecule has 0 aromatic carbocycles. The van der Waals surface area contributed by atoms with E-state index in [0.717, 1.165) is 18.8 Å². The van der Waals surface area contributed by atoms with Gasteiger partial charge in [0.25, 0.3) is 0 Å². The van der Waals surface area contributed by atoms with E-state index in [2.05, 4.69) is 15.0 Å². The third-order valence-corrected chi connectivity index (χ3v) is 2.13. The molecule has 4 nitrogen and oxygen atoms in total. The first-order valence-electron chi connectivity index (χ1n) is 4.22. The van der Waals surface area contributed by atoms with Crippen molar-refractivity contribution in [3.8, 4) is 0 Å². The Morgan fingerprint density at radius 2 is 2.50 bits per heavy atom. The maximum absolute atomic E-state index is 4.31. The minimum Gasteiger partial charge on any atom is -0.334 e. The summed E-state index contributed by atoms with van der Waals surface area (Å²) in [6.45, 7) is 1.08. The lowest BCUT2D eigenvalue weighted by molar-refractivity contribution is 0.240. The molecular formula is C8H14N4. The zero-order valence-electron chi connectivity index (χ0n) is 7.49. The van der Waals surface area contributed by atoms with Crippen molar-refractivity contribution < 1.29 is 0 Å². The van der Waals surface area contributed by atoms with Gasteiger partial charge in [-0.25, -0.2) is 15.4 Å². The number of rotatable bonds is 2. The predicted molar refractivity (Wildman–Crippen MR) is 46.4 cm³/mol. The smallest absolute Gasteiger partial charge is 0.127 e. The number of imidazole rings is 1. The first-order chi connectivity index (χ1) is 5.77. The standard InChI is InChI=1S/C8H14N4/c1-11(2)10-7-3-5-12-6-4-9-8(7)12/h4,6-7,10H,3,5H2,1-2H3. The fourth-order valence-electron chi connectivity index (χ4n) is 1.65. The van der Waals surface area contributed by atoms with Gasteiger partial charge in [-0.15, -0.1) is 0 Å². The summed E-state index contributed by atoms with van der Waals surface area (Å²) < 4.78 is 2.20. The molecule has 66 valence electrons. The van der Waals surface area contributed by atoms with Crippen LogP contribution in [-0.4, -0.2) is 28.7 Å². The van der Waals surface area contributed by atoms with E-state index < -0.39 is 0 Å². The minimum atomic E-state index is 0.398. The van der Waals surface area contributed by atoms with E-state index in [0.29, 0.717) is 6.04 Å². The van der Waals surface area contributed by atoms with Gasteiger partial charge in [-0.2, -0.15) is 0 Å². The number of hydrogen-bond donors (Lipinski definition) is 1. The van der Waals surface area contributed by atoms with Crippen molar-refractivity contribution in [1.29, 1.82) is 0 Å². The van der Waals surface area contributed by atoms with Gasteiger partial charge in [-0.1, -0.05) is 0 Å². The van der Waals surface area contributed by atoms with Crippen LogP contribution in [0.25, 0.3) is 0 Å². The van der Waals surface area contributed by atoms with Crippen molar-refractivity contribution >= 4 is 0 Å². The van der Waals surface area contributed by atoms with E-state index in [1.54, 1.807) is 0 Å². The summed E-state index contributed by atoms with van der Waals surface area (Å²) in [5.41, 5.74) is 3.33. The summed E-state index contributed by atoms with van der Waals surface area (Å²) in [7, 11) is 4.01. The number of hydrogen-bond acceptors (Lipinski definition) is 3. The van der Waals surface area contributed by atoms with Gasteiger partial charge in [0.15, 0.2) is 0 Å². The van der Waals surface area contributed by atoms with E-state index in [1.165, 1.54) is 0 Å². The van der Waals surface area contributed by atoms with Crippen molar-refractivity contribution in [3.63, 3.8) is 0 Å². The summed E-state index contributed by atoms with van der Waals surface area (Å²) in [4.78, 5) is 4.31. The van der Waals surface area contributed by atoms with E-state index >= 15 is 0 Å². The SMILES string of the molecule is CN(C)NC1CCn2ccnc21. The summed E-state index contributed by atoms with van der Waals surface area (Å²) >= 11 is 0. The Hall–Kier alpha value is -0.870. The summed E-state index contributed by atoms with van der Waals surface area (Å²) in [6, 6.07) is 0.398. The van der Waals surface area contributed by atoms with Crippen molar-refractivity contribution in [2.24, 2.45) is 0 Å². The second kappa shape index (κ2) is 2.88. The van der Waals surface area contributed by atoms with Gasteiger partial charge in [0.2, 0.25) is 0 Å². The molecule has 1 N–H and O–H groups in total. The number of nitrogens with one attached hydrogen (secondary N) is 1. The molecule has 2 rings (SSSR count). The van der Waals surface area contributed by atoms with E-state index in [-0.39, 0.29) is 0 Å². The molecule has 0 fully saturated rings. The Morgan fingerprint density at radius 3 is 3.25 bits per heavy atom. The van der Waals surface area contributed by atoms with Crippen LogP contribution >= 0.6 is 0 Å². The summed E-state index contributed by atoms with van der Waals surface area (Å²) in [5, 5.41) is 1.98.